The second kappa shape index (κ2) is 5.42. The molecule has 0 atom stereocenters. The molecule has 0 bridgehead atoms. The van der Waals surface area contributed by atoms with Gasteiger partial charge < -0.3 is 4.84 Å². The van der Waals surface area contributed by atoms with Crippen LogP contribution >= 0.6 is 11.3 Å². The first-order chi connectivity index (χ1) is 6.38. The second-order valence-electron chi connectivity index (χ2n) is 2.21. The van der Waals surface area contributed by atoms with Crippen molar-refractivity contribution in [2.75, 3.05) is 6.61 Å². The van der Waals surface area contributed by atoms with E-state index in [1.165, 1.54) is 11.3 Å². The van der Waals surface area contributed by atoms with Gasteiger partial charge in [-0.2, -0.15) is 0 Å². The molecule has 1 rings (SSSR count). The zero-order valence-corrected chi connectivity index (χ0v) is 8.00. The normalized spacial score (nSPS) is 11.3. The maximum absolute atomic E-state index is 10.4. The summed E-state index contributed by atoms with van der Waals surface area (Å²) in [6.45, 7) is 2.46. The molecule has 0 saturated carbocycles. The summed E-state index contributed by atoms with van der Waals surface area (Å²) < 4.78 is 0. The van der Waals surface area contributed by atoms with Gasteiger partial charge in [-0.25, -0.2) is 4.98 Å². The zero-order chi connectivity index (χ0) is 9.52. The summed E-state index contributed by atoms with van der Waals surface area (Å²) in [4.78, 5) is 19.2. The average Bonchev–Trinajstić information content (AvgIpc) is 2.65. The molecule has 1 heterocycles. The van der Waals surface area contributed by atoms with Crippen molar-refractivity contribution in [3.63, 3.8) is 0 Å². The van der Waals surface area contributed by atoms with Crippen LogP contribution in [0.4, 0.5) is 0 Å². The van der Waals surface area contributed by atoms with Gasteiger partial charge in [-0.15, -0.1) is 11.3 Å². The molecule has 0 fully saturated rings. The Kier molecular flexibility index (Phi) is 4.11. The Balaban J connectivity index is 2.62. The van der Waals surface area contributed by atoms with E-state index in [-0.39, 0.29) is 5.71 Å². The predicted octanol–water partition coefficient (Wildman–Crippen LogP) is 1.38. The SMILES string of the molecule is CCCON=C([C]=O)c1nccs1. The van der Waals surface area contributed by atoms with Crippen LogP contribution in [-0.2, 0) is 9.63 Å². The van der Waals surface area contributed by atoms with Crippen LogP contribution in [0.25, 0.3) is 0 Å². The minimum atomic E-state index is 0.128. The fourth-order valence-electron chi connectivity index (χ4n) is 0.643. The summed E-state index contributed by atoms with van der Waals surface area (Å²) in [5.74, 6) is 0. The molecule has 0 saturated heterocycles. The standard InChI is InChI=1S/C8H9N2O2S/c1-2-4-12-10-7(6-11)8-9-3-5-13-8/h3,5H,2,4H2,1H3. The Bertz CT molecular complexity index is 282. The van der Waals surface area contributed by atoms with E-state index in [0.717, 1.165) is 6.42 Å². The summed E-state index contributed by atoms with van der Waals surface area (Å²) in [5, 5.41) is 5.91. The summed E-state index contributed by atoms with van der Waals surface area (Å²) >= 11 is 1.33. The van der Waals surface area contributed by atoms with E-state index in [0.29, 0.717) is 11.6 Å². The number of rotatable bonds is 5. The third-order valence-electron chi connectivity index (χ3n) is 1.18. The van der Waals surface area contributed by atoms with Crippen molar-refractivity contribution in [1.82, 2.24) is 4.98 Å². The molecule has 0 unspecified atom stereocenters. The maximum Gasteiger partial charge on any atom is 0.260 e. The predicted molar refractivity (Wildman–Crippen MR) is 50.6 cm³/mol. The van der Waals surface area contributed by atoms with Crippen molar-refractivity contribution in [2.45, 2.75) is 13.3 Å². The van der Waals surface area contributed by atoms with E-state index in [4.69, 9.17) is 4.84 Å². The Morgan fingerprint density at radius 1 is 1.85 bits per heavy atom. The molecule has 1 radical (unpaired) electrons. The molecule has 0 aliphatic carbocycles. The van der Waals surface area contributed by atoms with Gasteiger partial charge in [0.1, 0.15) is 11.6 Å². The minimum Gasteiger partial charge on any atom is -0.395 e. The molecule has 0 aliphatic heterocycles. The van der Waals surface area contributed by atoms with E-state index in [1.807, 2.05) is 6.92 Å². The van der Waals surface area contributed by atoms with Crippen molar-refractivity contribution in [3.05, 3.63) is 16.6 Å². The van der Waals surface area contributed by atoms with Crippen LogP contribution in [0.2, 0.25) is 0 Å². The van der Waals surface area contributed by atoms with Crippen LogP contribution in [0.15, 0.2) is 16.7 Å². The Labute approximate surface area is 80.2 Å². The van der Waals surface area contributed by atoms with E-state index < -0.39 is 0 Å². The molecule has 0 spiro atoms. The highest BCUT2D eigenvalue weighted by Crippen LogP contribution is 2.04. The second-order valence-corrected chi connectivity index (χ2v) is 3.11. The van der Waals surface area contributed by atoms with Gasteiger partial charge in [0.15, 0.2) is 5.71 Å². The first kappa shape index (κ1) is 9.85. The van der Waals surface area contributed by atoms with Gasteiger partial charge >= 0.3 is 0 Å². The number of aromatic nitrogens is 1. The lowest BCUT2D eigenvalue weighted by Crippen LogP contribution is -2.02. The van der Waals surface area contributed by atoms with Crippen molar-refractivity contribution in [3.8, 4) is 0 Å². The van der Waals surface area contributed by atoms with E-state index in [9.17, 15) is 4.79 Å². The number of carbonyl (C=O) groups excluding carboxylic acids is 1. The van der Waals surface area contributed by atoms with Gasteiger partial charge in [0, 0.05) is 11.6 Å². The van der Waals surface area contributed by atoms with Crippen LogP contribution in [-0.4, -0.2) is 23.6 Å². The number of thiazole rings is 1. The van der Waals surface area contributed by atoms with Gasteiger partial charge in [0.05, 0.1) is 0 Å². The van der Waals surface area contributed by atoms with Crippen LogP contribution in [0.3, 0.4) is 0 Å². The highest BCUT2D eigenvalue weighted by Gasteiger charge is 2.06. The molecular formula is C8H9N2O2S. The van der Waals surface area contributed by atoms with Crippen LogP contribution < -0.4 is 0 Å². The quantitative estimate of drug-likeness (QED) is 0.407. The largest absolute Gasteiger partial charge is 0.395 e. The fourth-order valence-corrected chi connectivity index (χ4v) is 1.21. The third-order valence-corrected chi connectivity index (χ3v) is 1.96. The van der Waals surface area contributed by atoms with Crippen LogP contribution in [0.1, 0.15) is 18.4 Å². The summed E-state index contributed by atoms with van der Waals surface area (Å²) in [6.07, 6.45) is 4.14. The summed E-state index contributed by atoms with van der Waals surface area (Å²) in [5.41, 5.74) is 0.128. The topological polar surface area (TPSA) is 51.5 Å². The van der Waals surface area contributed by atoms with Gasteiger partial charge in [-0.1, -0.05) is 12.1 Å². The fraction of sp³-hybridized carbons (Fsp3) is 0.375. The van der Waals surface area contributed by atoms with Crippen LogP contribution in [0, 0.1) is 0 Å². The molecule has 0 aromatic carbocycles. The highest BCUT2D eigenvalue weighted by atomic mass is 32.1. The molecule has 4 nitrogen and oxygen atoms in total. The average molecular weight is 197 g/mol. The smallest absolute Gasteiger partial charge is 0.260 e. The lowest BCUT2D eigenvalue weighted by Gasteiger charge is -1.95. The summed E-state index contributed by atoms with van der Waals surface area (Å²) in [7, 11) is 0. The van der Waals surface area contributed by atoms with E-state index >= 15 is 0 Å². The Hall–Kier alpha value is -1.23. The lowest BCUT2D eigenvalue weighted by molar-refractivity contribution is 0.146. The third kappa shape index (κ3) is 2.95. The van der Waals surface area contributed by atoms with Gasteiger partial charge in [0.2, 0.25) is 0 Å². The Morgan fingerprint density at radius 2 is 2.69 bits per heavy atom. The maximum atomic E-state index is 10.4. The molecule has 69 valence electrons. The van der Waals surface area contributed by atoms with Crippen molar-refractivity contribution >= 4 is 23.3 Å². The van der Waals surface area contributed by atoms with Crippen molar-refractivity contribution in [2.24, 2.45) is 5.16 Å². The van der Waals surface area contributed by atoms with Gasteiger partial charge in [0.25, 0.3) is 6.29 Å². The van der Waals surface area contributed by atoms with Crippen molar-refractivity contribution in [1.29, 1.82) is 0 Å². The monoisotopic (exact) mass is 197 g/mol. The van der Waals surface area contributed by atoms with E-state index in [2.05, 4.69) is 10.1 Å². The molecule has 1 aromatic rings. The molecular weight excluding hydrogens is 188 g/mol. The summed E-state index contributed by atoms with van der Waals surface area (Å²) in [6, 6.07) is 0. The lowest BCUT2D eigenvalue weighted by atomic mass is 10.4. The molecule has 1 aromatic heterocycles. The number of hydrogen-bond acceptors (Lipinski definition) is 5. The minimum absolute atomic E-state index is 0.128. The Morgan fingerprint density at radius 3 is 3.23 bits per heavy atom. The zero-order valence-electron chi connectivity index (χ0n) is 7.19. The van der Waals surface area contributed by atoms with Crippen LogP contribution in [0.5, 0.6) is 0 Å². The molecule has 0 N–H and O–H groups in total. The molecule has 0 amide bonds. The number of oxime groups is 1. The molecule has 5 heteroatoms. The molecule has 13 heavy (non-hydrogen) atoms. The van der Waals surface area contributed by atoms with Gasteiger partial charge in [-0.05, 0) is 6.42 Å². The van der Waals surface area contributed by atoms with Crippen molar-refractivity contribution < 1.29 is 9.63 Å². The highest BCUT2D eigenvalue weighted by molar-refractivity contribution is 7.12. The van der Waals surface area contributed by atoms with Gasteiger partial charge in [-0.3, -0.25) is 4.79 Å². The first-order valence-corrected chi connectivity index (χ1v) is 4.74. The molecule has 0 aliphatic rings. The van der Waals surface area contributed by atoms with E-state index in [1.54, 1.807) is 17.9 Å². The number of hydrogen-bond donors (Lipinski definition) is 0. The number of nitrogens with zero attached hydrogens (tertiary/aromatic N) is 2. The first-order valence-electron chi connectivity index (χ1n) is 3.86.